The van der Waals surface area contributed by atoms with Gasteiger partial charge in [0.05, 0.1) is 12.8 Å². The van der Waals surface area contributed by atoms with Gasteiger partial charge in [-0.25, -0.2) is 9.97 Å². The molecule has 0 aromatic carbocycles. The van der Waals surface area contributed by atoms with Crippen molar-refractivity contribution in [2.75, 3.05) is 11.9 Å². The molecule has 2 N–H and O–H groups in total. The monoisotopic (exact) mass is 288 g/mol. The molecule has 0 bridgehead atoms. The van der Waals surface area contributed by atoms with Gasteiger partial charge < -0.3 is 15.1 Å². The van der Waals surface area contributed by atoms with E-state index in [-0.39, 0.29) is 5.91 Å². The lowest BCUT2D eigenvalue weighted by molar-refractivity contribution is 0.0948. The second-order valence-corrected chi connectivity index (χ2v) is 4.68. The number of hydrogen-bond donors (Lipinski definition) is 2. The first-order valence-electron chi connectivity index (χ1n) is 7.16. The van der Waals surface area contributed by atoms with Crippen LogP contribution in [0.3, 0.4) is 0 Å². The molecule has 2 aromatic rings. The van der Waals surface area contributed by atoms with Crippen LogP contribution in [0.1, 0.15) is 42.4 Å². The smallest absolute Gasteiger partial charge is 0.270 e. The third-order valence-corrected chi connectivity index (χ3v) is 2.99. The van der Waals surface area contributed by atoms with Crippen LogP contribution in [-0.2, 0) is 6.54 Å². The molecular weight excluding hydrogens is 268 g/mol. The third kappa shape index (κ3) is 4.91. The number of anilines is 1. The molecule has 0 aliphatic carbocycles. The highest BCUT2D eigenvalue weighted by atomic mass is 16.3. The molecule has 0 aliphatic rings. The molecule has 0 aliphatic heterocycles. The van der Waals surface area contributed by atoms with Gasteiger partial charge in [0.2, 0.25) is 0 Å². The number of aromatic nitrogens is 2. The van der Waals surface area contributed by atoms with E-state index >= 15 is 0 Å². The summed E-state index contributed by atoms with van der Waals surface area (Å²) >= 11 is 0. The summed E-state index contributed by atoms with van der Waals surface area (Å²) < 4.78 is 5.22. The average molecular weight is 288 g/mol. The van der Waals surface area contributed by atoms with Crippen LogP contribution in [0.25, 0.3) is 0 Å². The quantitative estimate of drug-likeness (QED) is 0.730. The first kappa shape index (κ1) is 15.0. The second kappa shape index (κ2) is 8.04. The van der Waals surface area contributed by atoms with Crippen molar-refractivity contribution in [3.63, 3.8) is 0 Å². The fraction of sp³-hybridized carbons (Fsp3) is 0.400. The summed E-state index contributed by atoms with van der Waals surface area (Å²) in [6, 6.07) is 5.33. The van der Waals surface area contributed by atoms with E-state index in [4.69, 9.17) is 4.42 Å². The normalized spacial score (nSPS) is 10.3. The van der Waals surface area contributed by atoms with Crippen LogP contribution < -0.4 is 10.6 Å². The molecule has 0 saturated heterocycles. The van der Waals surface area contributed by atoms with Gasteiger partial charge in [0.1, 0.15) is 23.6 Å². The summed E-state index contributed by atoms with van der Waals surface area (Å²) in [5.41, 5.74) is 0.364. The van der Waals surface area contributed by atoms with Gasteiger partial charge in [-0.1, -0.05) is 19.8 Å². The van der Waals surface area contributed by atoms with Crippen LogP contribution in [0, 0.1) is 0 Å². The standard InChI is InChI=1S/C15H20N4O2/c1-2-3-4-7-16-15(20)13-9-14(19-11-18-13)17-10-12-6-5-8-21-12/h5-6,8-9,11H,2-4,7,10H2,1H3,(H,16,20)(H,17,18,19). The molecule has 1 amide bonds. The van der Waals surface area contributed by atoms with E-state index in [1.807, 2.05) is 12.1 Å². The largest absolute Gasteiger partial charge is 0.467 e. The van der Waals surface area contributed by atoms with Crippen molar-refractivity contribution in [2.45, 2.75) is 32.7 Å². The Kier molecular flexibility index (Phi) is 5.75. The Morgan fingerprint density at radius 3 is 3.00 bits per heavy atom. The van der Waals surface area contributed by atoms with E-state index < -0.39 is 0 Å². The van der Waals surface area contributed by atoms with E-state index in [0.717, 1.165) is 25.0 Å². The zero-order valence-electron chi connectivity index (χ0n) is 12.1. The lowest BCUT2D eigenvalue weighted by Gasteiger charge is -2.06. The van der Waals surface area contributed by atoms with Crippen molar-refractivity contribution >= 4 is 11.7 Å². The fourth-order valence-corrected chi connectivity index (χ4v) is 1.84. The van der Waals surface area contributed by atoms with E-state index in [1.165, 1.54) is 6.33 Å². The van der Waals surface area contributed by atoms with E-state index in [2.05, 4.69) is 27.5 Å². The summed E-state index contributed by atoms with van der Waals surface area (Å²) in [6.07, 6.45) is 6.22. The predicted molar refractivity (Wildman–Crippen MR) is 79.9 cm³/mol. The minimum absolute atomic E-state index is 0.172. The highest BCUT2D eigenvalue weighted by Crippen LogP contribution is 2.07. The van der Waals surface area contributed by atoms with Gasteiger partial charge in [-0.05, 0) is 18.6 Å². The van der Waals surface area contributed by atoms with Gasteiger partial charge >= 0.3 is 0 Å². The van der Waals surface area contributed by atoms with Gasteiger partial charge in [0.25, 0.3) is 5.91 Å². The number of carbonyl (C=O) groups is 1. The molecule has 21 heavy (non-hydrogen) atoms. The Balaban J connectivity index is 1.86. The Hall–Kier alpha value is -2.37. The van der Waals surface area contributed by atoms with Crippen LogP contribution in [0.2, 0.25) is 0 Å². The maximum atomic E-state index is 11.9. The summed E-state index contributed by atoms with van der Waals surface area (Å²) in [7, 11) is 0. The number of hydrogen-bond acceptors (Lipinski definition) is 5. The van der Waals surface area contributed by atoms with Crippen molar-refractivity contribution in [1.82, 2.24) is 15.3 Å². The molecule has 0 radical (unpaired) electrons. The minimum Gasteiger partial charge on any atom is -0.467 e. The first-order valence-corrected chi connectivity index (χ1v) is 7.16. The van der Waals surface area contributed by atoms with E-state index in [9.17, 15) is 4.79 Å². The van der Waals surface area contributed by atoms with Crippen molar-refractivity contribution in [1.29, 1.82) is 0 Å². The lowest BCUT2D eigenvalue weighted by atomic mass is 10.2. The molecule has 2 rings (SSSR count). The van der Waals surface area contributed by atoms with Crippen molar-refractivity contribution < 1.29 is 9.21 Å². The summed E-state index contributed by atoms with van der Waals surface area (Å²) in [4.78, 5) is 20.0. The van der Waals surface area contributed by atoms with Crippen LogP contribution in [0.5, 0.6) is 0 Å². The number of nitrogens with one attached hydrogen (secondary N) is 2. The molecule has 0 unspecified atom stereocenters. The Morgan fingerprint density at radius 2 is 2.24 bits per heavy atom. The number of carbonyl (C=O) groups excluding carboxylic acids is 1. The van der Waals surface area contributed by atoms with Crippen LogP contribution in [0.15, 0.2) is 35.2 Å². The van der Waals surface area contributed by atoms with Gasteiger partial charge in [-0.3, -0.25) is 4.79 Å². The summed E-state index contributed by atoms with van der Waals surface area (Å²) in [5.74, 6) is 1.23. The molecule has 2 aromatic heterocycles. The minimum atomic E-state index is -0.172. The molecule has 0 fully saturated rings. The fourth-order valence-electron chi connectivity index (χ4n) is 1.84. The molecule has 112 valence electrons. The number of nitrogens with zero attached hydrogens (tertiary/aromatic N) is 2. The zero-order valence-corrected chi connectivity index (χ0v) is 12.1. The number of amides is 1. The number of rotatable bonds is 8. The molecular formula is C15H20N4O2. The molecule has 6 heteroatoms. The Bertz CT molecular complexity index is 555. The second-order valence-electron chi connectivity index (χ2n) is 4.68. The highest BCUT2D eigenvalue weighted by Gasteiger charge is 2.08. The van der Waals surface area contributed by atoms with Crippen molar-refractivity contribution in [2.24, 2.45) is 0 Å². The third-order valence-electron chi connectivity index (χ3n) is 2.99. The van der Waals surface area contributed by atoms with E-state index in [0.29, 0.717) is 24.6 Å². The summed E-state index contributed by atoms with van der Waals surface area (Å²) in [5, 5.41) is 5.95. The Morgan fingerprint density at radius 1 is 1.33 bits per heavy atom. The van der Waals surface area contributed by atoms with Crippen molar-refractivity contribution in [3.8, 4) is 0 Å². The molecule has 6 nitrogen and oxygen atoms in total. The summed E-state index contributed by atoms with van der Waals surface area (Å²) in [6.45, 7) is 3.32. The topological polar surface area (TPSA) is 80.0 Å². The lowest BCUT2D eigenvalue weighted by Crippen LogP contribution is -2.25. The van der Waals surface area contributed by atoms with Gasteiger partial charge in [0.15, 0.2) is 0 Å². The maximum absolute atomic E-state index is 11.9. The molecule has 0 spiro atoms. The van der Waals surface area contributed by atoms with E-state index in [1.54, 1.807) is 12.3 Å². The van der Waals surface area contributed by atoms with Crippen LogP contribution >= 0.6 is 0 Å². The first-order chi connectivity index (χ1) is 10.3. The van der Waals surface area contributed by atoms with Crippen LogP contribution in [0.4, 0.5) is 5.82 Å². The Labute approximate surface area is 124 Å². The maximum Gasteiger partial charge on any atom is 0.270 e. The zero-order chi connectivity index (χ0) is 14.9. The molecule has 0 atom stereocenters. The molecule has 0 saturated carbocycles. The van der Waals surface area contributed by atoms with Gasteiger partial charge in [-0.2, -0.15) is 0 Å². The van der Waals surface area contributed by atoms with Gasteiger partial charge in [-0.15, -0.1) is 0 Å². The SMILES string of the molecule is CCCCCNC(=O)c1cc(NCc2ccco2)ncn1. The highest BCUT2D eigenvalue weighted by molar-refractivity contribution is 5.92. The van der Waals surface area contributed by atoms with Crippen LogP contribution in [-0.4, -0.2) is 22.4 Å². The number of furan rings is 1. The molecule has 2 heterocycles. The van der Waals surface area contributed by atoms with Gasteiger partial charge in [0, 0.05) is 12.6 Å². The number of unbranched alkanes of at least 4 members (excludes halogenated alkanes) is 2. The predicted octanol–water partition coefficient (Wildman–Crippen LogP) is 2.60. The average Bonchev–Trinajstić information content (AvgIpc) is 3.03. The van der Waals surface area contributed by atoms with Crippen molar-refractivity contribution in [3.05, 3.63) is 42.2 Å².